The number of nitrogens with zero attached hydrogens (tertiary/aromatic N) is 1. The minimum atomic E-state index is -0.495. The van der Waals surface area contributed by atoms with Crippen molar-refractivity contribution in [2.24, 2.45) is 0 Å². The zero-order chi connectivity index (χ0) is 16.8. The van der Waals surface area contributed by atoms with Crippen LogP contribution < -0.4 is 0 Å². The van der Waals surface area contributed by atoms with Crippen molar-refractivity contribution in [2.45, 2.75) is 44.6 Å². The fourth-order valence-electron chi connectivity index (χ4n) is 3.46. The third-order valence-electron chi connectivity index (χ3n) is 4.84. The van der Waals surface area contributed by atoms with Gasteiger partial charge < -0.3 is 4.90 Å². The van der Waals surface area contributed by atoms with Gasteiger partial charge in [0.25, 0.3) is 0 Å². The van der Waals surface area contributed by atoms with E-state index in [1.807, 2.05) is 47.5 Å². The molecule has 1 heterocycles. The van der Waals surface area contributed by atoms with Crippen molar-refractivity contribution in [3.8, 4) is 0 Å². The molecule has 3 rings (SSSR count). The van der Waals surface area contributed by atoms with Crippen LogP contribution in [0.25, 0.3) is 0 Å². The Morgan fingerprint density at radius 3 is 2.25 bits per heavy atom. The van der Waals surface area contributed by atoms with Crippen LogP contribution in [0, 0.1) is 0 Å². The second-order valence-corrected chi connectivity index (χ2v) is 6.53. The molecular formula is C22H25NO. The Morgan fingerprint density at radius 2 is 1.58 bits per heavy atom. The topological polar surface area (TPSA) is 20.3 Å². The molecule has 0 N–H and O–H groups in total. The molecule has 1 aliphatic heterocycles. The minimum Gasteiger partial charge on any atom is -0.314 e. The highest BCUT2D eigenvalue weighted by Gasteiger charge is 2.43. The summed E-state index contributed by atoms with van der Waals surface area (Å²) in [6.45, 7) is 2.84. The molecule has 2 nitrogen and oxygen atoms in total. The van der Waals surface area contributed by atoms with Gasteiger partial charge in [0.2, 0.25) is 5.91 Å². The summed E-state index contributed by atoms with van der Waals surface area (Å²) in [5.41, 5.74) is 1.77. The van der Waals surface area contributed by atoms with E-state index in [0.717, 1.165) is 36.8 Å². The van der Waals surface area contributed by atoms with Crippen LogP contribution in [0.2, 0.25) is 0 Å². The highest BCUT2D eigenvalue weighted by Crippen LogP contribution is 2.38. The number of amides is 1. The van der Waals surface area contributed by atoms with Gasteiger partial charge in [-0.15, -0.1) is 0 Å². The molecule has 0 aliphatic carbocycles. The highest BCUT2D eigenvalue weighted by atomic mass is 16.2. The summed E-state index contributed by atoms with van der Waals surface area (Å²) in [6.07, 6.45) is 8.37. The number of hydrogen-bond acceptors (Lipinski definition) is 1. The lowest BCUT2D eigenvalue weighted by atomic mass is 9.76. The minimum absolute atomic E-state index is 0.202. The van der Waals surface area contributed by atoms with Crippen LogP contribution >= 0.6 is 0 Å². The fraction of sp³-hybridized carbons (Fsp3) is 0.318. The highest BCUT2D eigenvalue weighted by molar-refractivity contribution is 5.93. The van der Waals surface area contributed by atoms with Crippen LogP contribution in [-0.2, 0) is 16.8 Å². The molecule has 2 heteroatoms. The molecule has 124 valence electrons. The quantitative estimate of drug-likeness (QED) is 0.653. The zero-order valence-electron chi connectivity index (χ0n) is 14.3. The Kier molecular flexibility index (Phi) is 5.14. The summed E-state index contributed by atoms with van der Waals surface area (Å²) in [4.78, 5) is 15.2. The molecule has 2 aromatic carbocycles. The van der Waals surface area contributed by atoms with E-state index in [4.69, 9.17) is 0 Å². The van der Waals surface area contributed by atoms with Crippen molar-refractivity contribution in [3.05, 3.63) is 84.1 Å². The molecule has 0 saturated carbocycles. The molecule has 0 spiro atoms. The lowest BCUT2D eigenvalue weighted by molar-refractivity contribution is -0.132. The molecule has 0 aromatic heterocycles. The van der Waals surface area contributed by atoms with Gasteiger partial charge in [-0.1, -0.05) is 86.8 Å². The Hall–Kier alpha value is -2.35. The first kappa shape index (κ1) is 16.5. The van der Waals surface area contributed by atoms with Crippen LogP contribution in [0.1, 0.15) is 43.7 Å². The first-order valence-electron chi connectivity index (χ1n) is 8.86. The Labute approximate surface area is 144 Å². The molecule has 0 fully saturated rings. The van der Waals surface area contributed by atoms with Gasteiger partial charge in [0.15, 0.2) is 0 Å². The van der Waals surface area contributed by atoms with Crippen molar-refractivity contribution in [3.63, 3.8) is 0 Å². The van der Waals surface area contributed by atoms with Crippen LogP contribution in [0.5, 0.6) is 0 Å². The Morgan fingerprint density at radius 1 is 0.917 bits per heavy atom. The summed E-state index contributed by atoms with van der Waals surface area (Å²) >= 11 is 0. The SMILES string of the molecule is CCCCCC1(c2ccccc2)C=CN(Cc2ccccc2)C1=O. The molecule has 0 saturated heterocycles. The second-order valence-electron chi connectivity index (χ2n) is 6.53. The van der Waals surface area contributed by atoms with E-state index in [1.54, 1.807) is 0 Å². The van der Waals surface area contributed by atoms with Crippen molar-refractivity contribution in [1.82, 2.24) is 4.90 Å². The number of carbonyl (C=O) groups is 1. The maximum atomic E-state index is 13.3. The molecule has 24 heavy (non-hydrogen) atoms. The molecule has 1 unspecified atom stereocenters. The number of unbranched alkanes of at least 4 members (excludes halogenated alkanes) is 2. The third kappa shape index (κ3) is 3.28. The van der Waals surface area contributed by atoms with Crippen molar-refractivity contribution >= 4 is 5.91 Å². The number of hydrogen-bond donors (Lipinski definition) is 0. The summed E-state index contributed by atoms with van der Waals surface area (Å²) in [6, 6.07) is 20.4. The van der Waals surface area contributed by atoms with Crippen molar-refractivity contribution < 1.29 is 4.79 Å². The first-order valence-corrected chi connectivity index (χ1v) is 8.86. The molecule has 0 radical (unpaired) electrons. The van der Waals surface area contributed by atoms with Crippen LogP contribution in [-0.4, -0.2) is 10.8 Å². The normalized spacial score (nSPS) is 19.9. The van der Waals surface area contributed by atoms with Gasteiger partial charge in [-0.2, -0.15) is 0 Å². The van der Waals surface area contributed by atoms with Gasteiger partial charge in [-0.3, -0.25) is 4.79 Å². The van der Waals surface area contributed by atoms with Gasteiger partial charge >= 0.3 is 0 Å². The zero-order valence-corrected chi connectivity index (χ0v) is 14.3. The van der Waals surface area contributed by atoms with E-state index >= 15 is 0 Å². The van der Waals surface area contributed by atoms with Gasteiger partial charge in [0, 0.05) is 6.20 Å². The standard InChI is InChI=1S/C22H25NO/c1-2-3-10-15-22(20-13-8-5-9-14-20)16-17-23(21(22)24)18-19-11-6-4-7-12-19/h4-9,11-14,16-17H,2-3,10,15,18H2,1H3. The van der Waals surface area contributed by atoms with Crippen LogP contribution in [0.15, 0.2) is 72.9 Å². The summed E-state index contributed by atoms with van der Waals surface area (Å²) in [7, 11) is 0. The lowest BCUT2D eigenvalue weighted by Gasteiger charge is -2.28. The fourth-order valence-corrected chi connectivity index (χ4v) is 3.46. The average molecular weight is 319 g/mol. The monoisotopic (exact) mass is 319 g/mol. The predicted molar refractivity (Wildman–Crippen MR) is 98.4 cm³/mol. The first-order chi connectivity index (χ1) is 11.8. The molecular weight excluding hydrogens is 294 g/mol. The Bertz CT molecular complexity index is 692. The summed E-state index contributed by atoms with van der Waals surface area (Å²) in [5.74, 6) is 0.202. The maximum Gasteiger partial charge on any atom is 0.241 e. The number of carbonyl (C=O) groups excluding carboxylic acids is 1. The second kappa shape index (κ2) is 7.48. The van der Waals surface area contributed by atoms with E-state index < -0.39 is 5.41 Å². The maximum absolute atomic E-state index is 13.3. The number of benzene rings is 2. The summed E-state index contributed by atoms with van der Waals surface area (Å²) in [5, 5.41) is 0. The van der Waals surface area contributed by atoms with Crippen LogP contribution in [0.4, 0.5) is 0 Å². The third-order valence-corrected chi connectivity index (χ3v) is 4.84. The molecule has 0 bridgehead atoms. The largest absolute Gasteiger partial charge is 0.314 e. The van der Waals surface area contributed by atoms with Crippen molar-refractivity contribution in [1.29, 1.82) is 0 Å². The Balaban J connectivity index is 1.84. The van der Waals surface area contributed by atoms with Gasteiger partial charge in [-0.05, 0) is 23.6 Å². The summed E-state index contributed by atoms with van der Waals surface area (Å²) < 4.78 is 0. The van der Waals surface area contributed by atoms with Crippen molar-refractivity contribution in [2.75, 3.05) is 0 Å². The van der Waals surface area contributed by atoms with Gasteiger partial charge in [-0.25, -0.2) is 0 Å². The number of rotatable bonds is 7. The molecule has 2 aromatic rings. The average Bonchev–Trinajstić information content (AvgIpc) is 2.94. The molecule has 1 amide bonds. The molecule has 1 atom stereocenters. The van der Waals surface area contributed by atoms with Crippen LogP contribution in [0.3, 0.4) is 0 Å². The lowest BCUT2D eigenvalue weighted by Crippen LogP contribution is -2.38. The van der Waals surface area contributed by atoms with E-state index in [1.165, 1.54) is 0 Å². The smallest absolute Gasteiger partial charge is 0.241 e. The van der Waals surface area contributed by atoms with E-state index in [-0.39, 0.29) is 5.91 Å². The molecule has 1 aliphatic rings. The van der Waals surface area contributed by atoms with Gasteiger partial charge in [0.05, 0.1) is 12.0 Å². The predicted octanol–water partition coefficient (Wildman–Crippen LogP) is 5.06. The van der Waals surface area contributed by atoms with E-state index in [2.05, 4.69) is 37.3 Å². The van der Waals surface area contributed by atoms with E-state index in [0.29, 0.717) is 6.54 Å². The van der Waals surface area contributed by atoms with Gasteiger partial charge in [0.1, 0.15) is 0 Å². The van der Waals surface area contributed by atoms with E-state index in [9.17, 15) is 4.79 Å².